The SMILES string of the molecule is O=C(NCc1ccnc(OCC(F)(F)F)c1)c1ccc(Cl)o1. The smallest absolute Gasteiger partial charge is 0.422 e. The summed E-state index contributed by atoms with van der Waals surface area (Å²) in [6, 6.07) is 5.67. The molecule has 2 heterocycles. The van der Waals surface area contributed by atoms with Crippen LogP contribution in [0.4, 0.5) is 13.2 Å². The second kappa shape index (κ2) is 6.69. The van der Waals surface area contributed by atoms with Crippen molar-refractivity contribution in [2.45, 2.75) is 12.7 Å². The van der Waals surface area contributed by atoms with Crippen LogP contribution in [0.3, 0.4) is 0 Å². The Balaban J connectivity index is 1.91. The number of carbonyl (C=O) groups excluding carboxylic acids is 1. The molecule has 0 aromatic carbocycles. The van der Waals surface area contributed by atoms with Crippen LogP contribution in [0, 0.1) is 0 Å². The lowest BCUT2D eigenvalue weighted by Gasteiger charge is -2.09. The fraction of sp³-hybridized carbons (Fsp3) is 0.231. The maximum atomic E-state index is 12.1. The van der Waals surface area contributed by atoms with E-state index in [1.807, 2.05) is 0 Å². The van der Waals surface area contributed by atoms with Crippen LogP contribution in [-0.2, 0) is 6.54 Å². The van der Waals surface area contributed by atoms with Gasteiger partial charge in [0, 0.05) is 18.8 Å². The van der Waals surface area contributed by atoms with Gasteiger partial charge >= 0.3 is 6.18 Å². The standard InChI is InChI=1S/C13H10ClF3N2O3/c14-10-2-1-9(22-10)12(20)19-6-8-3-4-18-11(5-8)21-7-13(15,16)17/h1-5H,6-7H2,(H,19,20). The van der Waals surface area contributed by atoms with Crippen molar-refractivity contribution in [2.24, 2.45) is 0 Å². The Morgan fingerprint density at radius 1 is 1.36 bits per heavy atom. The van der Waals surface area contributed by atoms with Gasteiger partial charge in [-0.1, -0.05) is 0 Å². The molecular formula is C13H10ClF3N2O3. The molecule has 0 atom stereocenters. The van der Waals surface area contributed by atoms with E-state index >= 15 is 0 Å². The van der Waals surface area contributed by atoms with E-state index in [1.54, 1.807) is 0 Å². The van der Waals surface area contributed by atoms with Crippen molar-refractivity contribution in [3.63, 3.8) is 0 Å². The first kappa shape index (κ1) is 16.2. The van der Waals surface area contributed by atoms with Crippen LogP contribution in [0.1, 0.15) is 16.1 Å². The van der Waals surface area contributed by atoms with E-state index in [9.17, 15) is 18.0 Å². The molecule has 0 saturated carbocycles. The summed E-state index contributed by atoms with van der Waals surface area (Å²) in [5.41, 5.74) is 0.526. The molecule has 2 aromatic heterocycles. The summed E-state index contributed by atoms with van der Waals surface area (Å²) in [6.07, 6.45) is -3.15. The first-order chi connectivity index (χ1) is 10.3. The van der Waals surface area contributed by atoms with Gasteiger partial charge in [0.1, 0.15) is 0 Å². The lowest BCUT2D eigenvalue weighted by molar-refractivity contribution is -0.154. The van der Waals surface area contributed by atoms with Crippen LogP contribution < -0.4 is 10.1 Å². The van der Waals surface area contributed by atoms with Gasteiger partial charge < -0.3 is 14.5 Å². The highest BCUT2D eigenvalue weighted by molar-refractivity contribution is 6.29. The highest BCUT2D eigenvalue weighted by atomic mass is 35.5. The summed E-state index contributed by atoms with van der Waals surface area (Å²) in [4.78, 5) is 15.4. The van der Waals surface area contributed by atoms with Crippen molar-refractivity contribution in [2.75, 3.05) is 6.61 Å². The summed E-state index contributed by atoms with van der Waals surface area (Å²) >= 11 is 5.55. The van der Waals surface area contributed by atoms with E-state index in [2.05, 4.69) is 15.0 Å². The Morgan fingerprint density at radius 2 is 2.14 bits per heavy atom. The van der Waals surface area contributed by atoms with Crippen molar-refractivity contribution < 1.29 is 27.1 Å². The number of rotatable bonds is 5. The van der Waals surface area contributed by atoms with Crippen molar-refractivity contribution in [1.29, 1.82) is 0 Å². The second-order valence-electron chi connectivity index (χ2n) is 4.19. The Bertz CT molecular complexity index is 658. The molecule has 1 amide bonds. The van der Waals surface area contributed by atoms with Crippen LogP contribution in [0.5, 0.6) is 5.88 Å². The summed E-state index contributed by atoms with van der Waals surface area (Å²) in [5, 5.41) is 2.61. The molecule has 0 aliphatic carbocycles. The average Bonchev–Trinajstić information content (AvgIpc) is 2.89. The van der Waals surface area contributed by atoms with E-state index in [1.165, 1.54) is 30.5 Å². The van der Waals surface area contributed by atoms with E-state index in [0.717, 1.165) is 0 Å². The second-order valence-corrected chi connectivity index (χ2v) is 4.57. The minimum atomic E-state index is -4.44. The molecule has 22 heavy (non-hydrogen) atoms. The van der Waals surface area contributed by atoms with Crippen molar-refractivity contribution in [1.82, 2.24) is 10.3 Å². The van der Waals surface area contributed by atoms with E-state index in [4.69, 9.17) is 16.0 Å². The van der Waals surface area contributed by atoms with Crippen LogP contribution in [0.25, 0.3) is 0 Å². The normalized spacial score (nSPS) is 11.3. The minimum Gasteiger partial charge on any atom is -0.468 e. The Kier molecular flexibility index (Phi) is 4.92. The number of carbonyl (C=O) groups is 1. The number of furan rings is 1. The Morgan fingerprint density at radius 3 is 2.77 bits per heavy atom. The number of halogens is 4. The summed E-state index contributed by atoms with van der Waals surface area (Å²) in [6.45, 7) is -1.36. The van der Waals surface area contributed by atoms with Gasteiger partial charge in [-0.2, -0.15) is 13.2 Å². The van der Waals surface area contributed by atoms with E-state index in [0.29, 0.717) is 5.56 Å². The number of hydrogen-bond donors (Lipinski definition) is 1. The maximum absolute atomic E-state index is 12.1. The van der Waals surface area contributed by atoms with Gasteiger partial charge in [0.25, 0.3) is 5.91 Å². The van der Waals surface area contributed by atoms with Gasteiger partial charge in [-0.05, 0) is 35.4 Å². The number of amides is 1. The van der Waals surface area contributed by atoms with Gasteiger partial charge in [-0.25, -0.2) is 4.98 Å². The first-order valence-corrected chi connectivity index (χ1v) is 6.39. The molecule has 0 aliphatic rings. The fourth-order valence-corrected chi connectivity index (χ4v) is 1.65. The first-order valence-electron chi connectivity index (χ1n) is 6.01. The number of aromatic nitrogens is 1. The van der Waals surface area contributed by atoms with E-state index < -0.39 is 18.7 Å². The molecule has 0 aliphatic heterocycles. The van der Waals surface area contributed by atoms with Crippen LogP contribution in [-0.4, -0.2) is 23.7 Å². The van der Waals surface area contributed by atoms with Gasteiger partial charge in [0.15, 0.2) is 17.6 Å². The van der Waals surface area contributed by atoms with E-state index in [-0.39, 0.29) is 23.4 Å². The zero-order valence-electron chi connectivity index (χ0n) is 11.0. The van der Waals surface area contributed by atoms with Crippen LogP contribution in [0.2, 0.25) is 5.22 Å². The highest BCUT2D eigenvalue weighted by Crippen LogP contribution is 2.18. The fourth-order valence-electron chi connectivity index (χ4n) is 1.50. The molecule has 0 bridgehead atoms. The summed E-state index contributed by atoms with van der Waals surface area (Å²) < 4.78 is 45.6. The molecule has 0 fully saturated rings. The third-order valence-electron chi connectivity index (χ3n) is 2.43. The minimum absolute atomic E-state index is 0.0348. The molecule has 9 heteroatoms. The van der Waals surface area contributed by atoms with Gasteiger partial charge in [0.2, 0.25) is 5.88 Å². The molecule has 0 spiro atoms. The van der Waals surface area contributed by atoms with Crippen molar-refractivity contribution in [3.05, 3.63) is 47.0 Å². The third kappa shape index (κ3) is 4.96. The number of nitrogens with zero attached hydrogens (tertiary/aromatic N) is 1. The lowest BCUT2D eigenvalue weighted by atomic mass is 10.2. The molecule has 118 valence electrons. The van der Waals surface area contributed by atoms with Gasteiger partial charge in [-0.15, -0.1) is 0 Å². The van der Waals surface area contributed by atoms with Gasteiger partial charge in [0.05, 0.1) is 0 Å². The van der Waals surface area contributed by atoms with Crippen molar-refractivity contribution >= 4 is 17.5 Å². The number of nitrogens with one attached hydrogen (secondary N) is 1. The molecule has 0 radical (unpaired) electrons. The molecule has 0 unspecified atom stereocenters. The maximum Gasteiger partial charge on any atom is 0.422 e. The van der Waals surface area contributed by atoms with Crippen molar-refractivity contribution in [3.8, 4) is 5.88 Å². The number of ether oxygens (including phenoxy) is 1. The molecule has 2 rings (SSSR count). The topological polar surface area (TPSA) is 64.4 Å². The number of hydrogen-bond acceptors (Lipinski definition) is 4. The monoisotopic (exact) mass is 334 g/mol. The summed E-state index contributed by atoms with van der Waals surface area (Å²) in [7, 11) is 0. The number of pyridine rings is 1. The lowest BCUT2D eigenvalue weighted by Crippen LogP contribution is -2.22. The van der Waals surface area contributed by atoms with Crippen LogP contribution >= 0.6 is 11.6 Å². The third-order valence-corrected chi connectivity index (χ3v) is 2.64. The average molecular weight is 335 g/mol. The zero-order valence-corrected chi connectivity index (χ0v) is 11.7. The Labute approximate surface area is 128 Å². The highest BCUT2D eigenvalue weighted by Gasteiger charge is 2.28. The molecule has 5 nitrogen and oxygen atoms in total. The molecule has 1 N–H and O–H groups in total. The number of alkyl halides is 3. The molecule has 2 aromatic rings. The molecular weight excluding hydrogens is 325 g/mol. The largest absolute Gasteiger partial charge is 0.468 e. The molecule has 0 saturated heterocycles. The zero-order chi connectivity index (χ0) is 16.2. The van der Waals surface area contributed by atoms with Gasteiger partial charge in [-0.3, -0.25) is 4.79 Å². The van der Waals surface area contributed by atoms with Crippen LogP contribution in [0.15, 0.2) is 34.9 Å². The summed E-state index contributed by atoms with van der Waals surface area (Å²) in [5.74, 6) is -0.640. The quantitative estimate of drug-likeness (QED) is 0.912. The Hall–Kier alpha value is -2.22. The predicted molar refractivity (Wildman–Crippen MR) is 70.7 cm³/mol. The predicted octanol–water partition coefficient (Wildman–Crippen LogP) is 3.20.